The van der Waals surface area contributed by atoms with Crippen molar-refractivity contribution in [1.82, 2.24) is 14.9 Å². The Morgan fingerprint density at radius 3 is 2.85 bits per heavy atom. The van der Waals surface area contributed by atoms with Gasteiger partial charge in [-0.05, 0) is 25.0 Å². The molecule has 0 saturated carbocycles. The summed E-state index contributed by atoms with van der Waals surface area (Å²) < 4.78 is 0. The molecule has 4 heteroatoms. The number of hydrogen-bond donors (Lipinski definition) is 1. The van der Waals surface area contributed by atoms with Crippen molar-refractivity contribution in [2.24, 2.45) is 0 Å². The molecule has 0 amide bonds. The van der Waals surface area contributed by atoms with Crippen LogP contribution in [0.4, 0.5) is 5.82 Å². The van der Waals surface area contributed by atoms with Gasteiger partial charge in [-0.15, -0.1) is 0 Å². The molecule has 1 aliphatic rings. The lowest BCUT2D eigenvalue weighted by molar-refractivity contribution is 0.328. The third-order valence-electron chi connectivity index (χ3n) is 3.73. The number of likely N-dealkylation sites (tertiary alicyclic amines) is 1. The van der Waals surface area contributed by atoms with Gasteiger partial charge >= 0.3 is 0 Å². The Morgan fingerprint density at radius 2 is 2.10 bits per heavy atom. The second kappa shape index (κ2) is 6.01. The molecule has 1 aromatic heterocycles. The number of aryl methyl sites for hydroxylation is 1. The Labute approximate surface area is 119 Å². The summed E-state index contributed by atoms with van der Waals surface area (Å²) in [4.78, 5) is 10.6. The smallest absolute Gasteiger partial charge is 0.129 e. The van der Waals surface area contributed by atoms with E-state index in [1.165, 1.54) is 11.1 Å². The summed E-state index contributed by atoms with van der Waals surface area (Å²) in [6.45, 7) is 5.36. The van der Waals surface area contributed by atoms with Gasteiger partial charge in [-0.3, -0.25) is 4.90 Å². The van der Waals surface area contributed by atoms with Crippen LogP contribution >= 0.6 is 0 Å². The molecule has 3 rings (SSSR count). The molecular weight excluding hydrogens is 248 g/mol. The molecule has 0 radical (unpaired) electrons. The van der Waals surface area contributed by atoms with E-state index in [-0.39, 0.29) is 0 Å². The summed E-state index contributed by atoms with van der Waals surface area (Å²) in [7, 11) is 0. The van der Waals surface area contributed by atoms with Crippen molar-refractivity contribution in [1.29, 1.82) is 0 Å². The van der Waals surface area contributed by atoms with E-state index < -0.39 is 0 Å². The molecule has 2 aromatic rings. The molecule has 2 heterocycles. The summed E-state index contributed by atoms with van der Waals surface area (Å²) in [6.07, 6.45) is 4.52. The topological polar surface area (TPSA) is 41.0 Å². The van der Waals surface area contributed by atoms with Gasteiger partial charge in [0.2, 0.25) is 0 Å². The van der Waals surface area contributed by atoms with Crippen LogP contribution in [0.15, 0.2) is 42.9 Å². The molecule has 1 unspecified atom stereocenters. The van der Waals surface area contributed by atoms with Crippen LogP contribution in [-0.2, 0) is 6.54 Å². The first-order valence-corrected chi connectivity index (χ1v) is 7.10. The lowest BCUT2D eigenvalue weighted by Gasteiger charge is -2.17. The predicted molar refractivity (Wildman–Crippen MR) is 80.5 cm³/mol. The van der Waals surface area contributed by atoms with Crippen LogP contribution in [0.5, 0.6) is 0 Å². The molecule has 0 aliphatic carbocycles. The fourth-order valence-corrected chi connectivity index (χ4v) is 2.63. The van der Waals surface area contributed by atoms with E-state index in [2.05, 4.69) is 51.4 Å². The summed E-state index contributed by atoms with van der Waals surface area (Å²) in [5.41, 5.74) is 2.71. The molecule has 20 heavy (non-hydrogen) atoms. The monoisotopic (exact) mass is 268 g/mol. The first-order chi connectivity index (χ1) is 9.79. The van der Waals surface area contributed by atoms with Crippen LogP contribution in [0.1, 0.15) is 17.5 Å². The first kappa shape index (κ1) is 13.1. The second-order valence-corrected chi connectivity index (χ2v) is 5.45. The van der Waals surface area contributed by atoms with E-state index in [0.717, 1.165) is 31.9 Å². The number of nitrogens with one attached hydrogen (secondary N) is 1. The zero-order chi connectivity index (χ0) is 13.8. The molecule has 1 N–H and O–H groups in total. The Kier molecular flexibility index (Phi) is 3.92. The van der Waals surface area contributed by atoms with E-state index in [1.807, 2.05) is 6.07 Å². The minimum atomic E-state index is 0.482. The number of benzene rings is 1. The summed E-state index contributed by atoms with van der Waals surface area (Å²) in [5, 5.41) is 3.47. The minimum Gasteiger partial charge on any atom is -0.366 e. The Bertz CT molecular complexity index is 538. The number of anilines is 1. The quantitative estimate of drug-likeness (QED) is 0.925. The van der Waals surface area contributed by atoms with Crippen LogP contribution < -0.4 is 5.32 Å². The van der Waals surface area contributed by atoms with Gasteiger partial charge in [0, 0.05) is 31.9 Å². The maximum atomic E-state index is 4.22. The number of rotatable bonds is 4. The molecule has 0 bridgehead atoms. The molecule has 4 nitrogen and oxygen atoms in total. The third-order valence-corrected chi connectivity index (χ3v) is 3.73. The average molecular weight is 268 g/mol. The fourth-order valence-electron chi connectivity index (χ4n) is 2.63. The lowest BCUT2D eigenvalue weighted by atomic mass is 10.1. The molecular formula is C16H20N4. The summed E-state index contributed by atoms with van der Waals surface area (Å²) >= 11 is 0. The van der Waals surface area contributed by atoms with Crippen molar-refractivity contribution in [3.05, 3.63) is 54.0 Å². The predicted octanol–water partition coefficient (Wildman–Crippen LogP) is 2.47. The van der Waals surface area contributed by atoms with Crippen LogP contribution in [0, 0.1) is 6.92 Å². The number of nitrogens with zero attached hydrogens (tertiary/aromatic N) is 3. The van der Waals surface area contributed by atoms with Gasteiger partial charge in [-0.25, -0.2) is 9.97 Å². The zero-order valence-electron chi connectivity index (χ0n) is 11.8. The Morgan fingerprint density at radius 1 is 1.25 bits per heavy atom. The van der Waals surface area contributed by atoms with Crippen LogP contribution in [-0.4, -0.2) is 34.0 Å². The SMILES string of the molecule is Cc1ccc(CN2CCC(Nc3ccncn3)C2)cc1. The van der Waals surface area contributed by atoms with Gasteiger partial charge in [0.05, 0.1) is 0 Å². The van der Waals surface area contributed by atoms with E-state index in [4.69, 9.17) is 0 Å². The van der Waals surface area contributed by atoms with E-state index in [1.54, 1.807) is 12.5 Å². The van der Waals surface area contributed by atoms with E-state index >= 15 is 0 Å². The fraction of sp³-hybridized carbons (Fsp3) is 0.375. The maximum Gasteiger partial charge on any atom is 0.129 e. The third kappa shape index (κ3) is 3.33. The highest BCUT2D eigenvalue weighted by Crippen LogP contribution is 2.16. The average Bonchev–Trinajstić information content (AvgIpc) is 2.90. The van der Waals surface area contributed by atoms with Crippen molar-refractivity contribution in [3.63, 3.8) is 0 Å². The van der Waals surface area contributed by atoms with E-state index in [9.17, 15) is 0 Å². The molecule has 1 fully saturated rings. The van der Waals surface area contributed by atoms with Crippen LogP contribution in [0.3, 0.4) is 0 Å². The van der Waals surface area contributed by atoms with Crippen molar-refractivity contribution in [2.45, 2.75) is 25.9 Å². The number of hydrogen-bond acceptors (Lipinski definition) is 4. The van der Waals surface area contributed by atoms with Gasteiger partial charge in [0.25, 0.3) is 0 Å². The van der Waals surface area contributed by atoms with Crippen molar-refractivity contribution < 1.29 is 0 Å². The van der Waals surface area contributed by atoms with Gasteiger partial charge in [-0.1, -0.05) is 29.8 Å². The van der Waals surface area contributed by atoms with Crippen molar-refractivity contribution in [3.8, 4) is 0 Å². The van der Waals surface area contributed by atoms with Gasteiger partial charge in [0.15, 0.2) is 0 Å². The molecule has 1 aliphatic heterocycles. The van der Waals surface area contributed by atoms with E-state index in [0.29, 0.717) is 6.04 Å². The largest absolute Gasteiger partial charge is 0.366 e. The zero-order valence-corrected chi connectivity index (χ0v) is 11.8. The minimum absolute atomic E-state index is 0.482. The van der Waals surface area contributed by atoms with Crippen molar-refractivity contribution in [2.75, 3.05) is 18.4 Å². The lowest BCUT2D eigenvalue weighted by Crippen LogP contribution is -2.26. The highest BCUT2D eigenvalue weighted by atomic mass is 15.2. The second-order valence-electron chi connectivity index (χ2n) is 5.45. The normalized spacial score (nSPS) is 19.1. The highest BCUT2D eigenvalue weighted by molar-refractivity contribution is 5.33. The standard InChI is InChI=1S/C16H20N4/c1-13-2-4-14(5-3-13)10-20-9-7-15(11-20)19-16-6-8-17-12-18-16/h2-6,8,12,15H,7,9-11H2,1H3,(H,17,18,19). The maximum absolute atomic E-state index is 4.22. The molecule has 1 saturated heterocycles. The van der Waals surface area contributed by atoms with Gasteiger partial charge in [-0.2, -0.15) is 0 Å². The summed E-state index contributed by atoms with van der Waals surface area (Å²) in [5.74, 6) is 0.919. The molecule has 104 valence electrons. The molecule has 1 atom stereocenters. The Balaban J connectivity index is 1.53. The van der Waals surface area contributed by atoms with Gasteiger partial charge in [0.1, 0.15) is 12.1 Å². The molecule has 1 aromatic carbocycles. The van der Waals surface area contributed by atoms with Crippen molar-refractivity contribution >= 4 is 5.82 Å². The van der Waals surface area contributed by atoms with Gasteiger partial charge < -0.3 is 5.32 Å². The van der Waals surface area contributed by atoms with Crippen LogP contribution in [0.2, 0.25) is 0 Å². The van der Waals surface area contributed by atoms with Crippen LogP contribution in [0.25, 0.3) is 0 Å². The highest BCUT2D eigenvalue weighted by Gasteiger charge is 2.22. The molecule has 0 spiro atoms. The Hall–Kier alpha value is -1.94. The first-order valence-electron chi connectivity index (χ1n) is 7.10. The summed E-state index contributed by atoms with van der Waals surface area (Å²) in [6, 6.07) is 11.2. The number of aromatic nitrogens is 2.